The molecule has 1 aliphatic heterocycles. The van der Waals surface area contributed by atoms with Gasteiger partial charge in [-0.3, -0.25) is 10.1 Å². The summed E-state index contributed by atoms with van der Waals surface area (Å²) in [6.07, 6.45) is 3.45. The molecule has 1 aliphatic rings. The number of carbonyl (C=O) groups is 1. The molecule has 0 aliphatic carbocycles. The van der Waals surface area contributed by atoms with E-state index in [4.69, 9.17) is 4.74 Å². The second-order valence-corrected chi connectivity index (χ2v) is 6.70. The topological polar surface area (TPSA) is 41.6 Å². The smallest absolute Gasteiger partial charge is 0.262 e. The maximum absolute atomic E-state index is 12.7. The average Bonchev–Trinajstić information content (AvgIpc) is 3.12. The molecule has 1 saturated heterocycles. The van der Waals surface area contributed by atoms with Gasteiger partial charge in [-0.05, 0) is 49.4 Å². The first-order valence-electron chi connectivity index (χ1n) is 8.06. The fraction of sp³-hybridized carbons (Fsp3) is 0.389. The summed E-state index contributed by atoms with van der Waals surface area (Å²) in [5.74, 6) is 0.759. The van der Waals surface area contributed by atoms with Crippen molar-refractivity contribution in [1.29, 1.82) is 0 Å². The summed E-state index contributed by atoms with van der Waals surface area (Å²) in [5, 5.41) is 5.51. The zero-order chi connectivity index (χ0) is 15.9. The molecule has 0 radical (unpaired) electrons. The quantitative estimate of drug-likeness (QED) is 0.884. The number of benzene rings is 1. The predicted octanol–water partition coefficient (Wildman–Crippen LogP) is 3.26. The number of hydrogen-bond acceptors (Lipinski definition) is 4. The highest BCUT2D eigenvalue weighted by Crippen LogP contribution is 2.18. The van der Waals surface area contributed by atoms with Crippen molar-refractivity contribution in [1.82, 2.24) is 10.2 Å². The van der Waals surface area contributed by atoms with Crippen molar-refractivity contribution in [3.63, 3.8) is 0 Å². The number of rotatable bonds is 6. The SMILES string of the molecule is O=C(COc1ccccc1)N(Cc1cccs1)C1CCCCN1. The van der Waals surface area contributed by atoms with E-state index in [2.05, 4.69) is 11.4 Å². The minimum absolute atomic E-state index is 0.0293. The van der Waals surface area contributed by atoms with E-state index in [1.807, 2.05) is 46.7 Å². The van der Waals surface area contributed by atoms with Crippen molar-refractivity contribution in [2.75, 3.05) is 13.2 Å². The summed E-state index contributed by atoms with van der Waals surface area (Å²) < 4.78 is 5.64. The van der Waals surface area contributed by atoms with Crippen LogP contribution in [0.5, 0.6) is 5.75 Å². The Morgan fingerprint density at radius 3 is 2.78 bits per heavy atom. The van der Waals surface area contributed by atoms with Gasteiger partial charge < -0.3 is 9.64 Å². The Balaban J connectivity index is 1.64. The van der Waals surface area contributed by atoms with Crippen LogP contribution in [0.15, 0.2) is 47.8 Å². The molecule has 1 aromatic heterocycles. The van der Waals surface area contributed by atoms with Gasteiger partial charge in [0, 0.05) is 4.88 Å². The van der Waals surface area contributed by atoms with Gasteiger partial charge in [0.1, 0.15) is 5.75 Å². The summed E-state index contributed by atoms with van der Waals surface area (Å²) in [4.78, 5) is 15.8. The van der Waals surface area contributed by atoms with Crippen LogP contribution in [0.3, 0.4) is 0 Å². The van der Waals surface area contributed by atoms with E-state index in [0.29, 0.717) is 6.54 Å². The Labute approximate surface area is 141 Å². The summed E-state index contributed by atoms with van der Waals surface area (Å²) in [6, 6.07) is 13.6. The zero-order valence-electron chi connectivity index (χ0n) is 13.1. The van der Waals surface area contributed by atoms with Gasteiger partial charge in [0.2, 0.25) is 0 Å². The van der Waals surface area contributed by atoms with E-state index >= 15 is 0 Å². The molecule has 1 amide bonds. The number of piperidine rings is 1. The van der Waals surface area contributed by atoms with Gasteiger partial charge in [-0.1, -0.05) is 24.3 Å². The third kappa shape index (κ3) is 4.56. The highest BCUT2D eigenvalue weighted by molar-refractivity contribution is 7.09. The molecule has 1 aromatic carbocycles. The molecule has 5 heteroatoms. The van der Waals surface area contributed by atoms with Gasteiger partial charge >= 0.3 is 0 Å². The molecular weight excluding hydrogens is 308 g/mol. The Morgan fingerprint density at radius 1 is 1.22 bits per heavy atom. The van der Waals surface area contributed by atoms with Crippen LogP contribution in [-0.2, 0) is 11.3 Å². The van der Waals surface area contributed by atoms with Crippen LogP contribution in [0.25, 0.3) is 0 Å². The van der Waals surface area contributed by atoms with Crippen LogP contribution < -0.4 is 10.1 Å². The normalized spacial score (nSPS) is 17.7. The fourth-order valence-electron chi connectivity index (χ4n) is 2.79. The minimum Gasteiger partial charge on any atom is -0.484 e. The van der Waals surface area contributed by atoms with Gasteiger partial charge in [-0.25, -0.2) is 0 Å². The maximum Gasteiger partial charge on any atom is 0.262 e. The van der Waals surface area contributed by atoms with Crippen molar-refractivity contribution < 1.29 is 9.53 Å². The molecule has 0 bridgehead atoms. The van der Waals surface area contributed by atoms with Crippen LogP contribution in [-0.4, -0.2) is 30.1 Å². The zero-order valence-corrected chi connectivity index (χ0v) is 13.9. The molecule has 2 heterocycles. The second kappa shape index (κ2) is 8.13. The van der Waals surface area contributed by atoms with Crippen LogP contribution in [0.4, 0.5) is 0 Å². The van der Waals surface area contributed by atoms with Gasteiger partial charge in [0.05, 0.1) is 12.7 Å². The lowest BCUT2D eigenvalue weighted by molar-refractivity contribution is -0.137. The standard InChI is InChI=1S/C18H22N2O2S/c21-18(14-22-15-7-2-1-3-8-15)20(13-16-9-6-12-23-16)17-10-4-5-11-19-17/h1-3,6-9,12,17,19H,4-5,10-11,13-14H2. The molecule has 3 rings (SSSR count). The monoisotopic (exact) mass is 330 g/mol. The molecule has 1 N–H and O–H groups in total. The highest BCUT2D eigenvalue weighted by Gasteiger charge is 2.25. The summed E-state index contributed by atoms with van der Waals surface area (Å²) in [5.41, 5.74) is 0. The van der Waals surface area contributed by atoms with Crippen molar-refractivity contribution >= 4 is 17.2 Å². The Bertz CT molecular complexity index is 595. The Kier molecular flexibility index (Phi) is 5.66. The molecule has 0 saturated carbocycles. The molecule has 2 aromatic rings. The van der Waals surface area contributed by atoms with Crippen LogP contribution in [0.1, 0.15) is 24.1 Å². The number of para-hydroxylation sites is 1. The van der Waals surface area contributed by atoms with E-state index in [9.17, 15) is 4.79 Å². The molecular formula is C18H22N2O2S. The number of nitrogens with one attached hydrogen (secondary N) is 1. The van der Waals surface area contributed by atoms with Crippen molar-refractivity contribution in [2.24, 2.45) is 0 Å². The average molecular weight is 330 g/mol. The third-order valence-electron chi connectivity index (χ3n) is 3.99. The molecule has 0 spiro atoms. The van der Waals surface area contributed by atoms with Crippen molar-refractivity contribution in [3.8, 4) is 5.75 Å². The Morgan fingerprint density at radius 2 is 2.09 bits per heavy atom. The fourth-order valence-corrected chi connectivity index (χ4v) is 3.49. The second-order valence-electron chi connectivity index (χ2n) is 5.67. The third-order valence-corrected chi connectivity index (χ3v) is 4.85. The number of amides is 1. The van der Waals surface area contributed by atoms with Gasteiger partial charge in [0.15, 0.2) is 6.61 Å². The molecule has 1 unspecified atom stereocenters. The summed E-state index contributed by atoms with van der Waals surface area (Å²) in [6.45, 7) is 1.69. The molecule has 1 atom stereocenters. The van der Waals surface area contributed by atoms with E-state index in [1.54, 1.807) is 11.3 Å². The van der Waals surface area contributed by atoms with Crippen molar-refractivity contribution in [3.05, 3.63) is 52.7 Å². The van der Waals surface area contributed by atoms with Gasteiger partial charge in [0.25, 0.3) is 5.91 Å². The molecule has 1 fully saturated rings. The van der Waals surface area contributed by atoms with Gasteiger partial charge in [-0.2, -0.15) is 0 Å². The lowest BCUT2D eigenvalue weighted by atomic mass is 10.1. The number of ether oxygens (including phenoxy) is 1. The molecule has 23 heavy (non-hydrogen) atoms. The maximum atomic E-state index is 12.7. The molecule has 4 nitrogen and oxygen atoms in total. The van der Waals surface area contributed by atoms with Crippen LogP contribution in [0, 0.1) is 0 Å². The van der Waals surface area contributed by atoms with Crippen LogP contribution >= 0.6 is 11.3 Å². The van der Waals surface area contributed by atoms with Crippen molar-refractivity contribution in [2.45, 2.75) is 32.0 Å². The minimum atomic E-state index is 0.0293. The first-order valence-corrected chi connectivity index (χ1v) is 8.94. The van der Waals surface area contributed by atoms with E-state index < -0.39 is 0 Å². The number of thiophene rings is 1. The number of hydrogen-bond donors (Lipinski definition) is 1. The molecule has 122 valence electrons. The largest absolute Gasteiger partial charge is 0.484 e. The van der Waals surface area contributed by atoms with E-state index in [-0.39, 0.29) is 18.7 Å². The van der Waals surface area contributed by atoms with E-state index in [1.165, 1.54) is 11.3 Å². The first-order chi connectivity index (χ1) is 11.3. The summed E-state index contributed by atoms with van der Waals surface area (Å²) in [7, 11) is 0. The first kappa shape index (κ1) is 16.0. The predicted molar refractivity (Wildman–Crippen MR) is 92.4 cm³/mol. The van der Waals surface area contributed by atoms with Crippen LogP contribution in [0.2, 0.25) is 0 Å². The van der Waals surface area contributed by atoms with E-state index in [0.717, 1.165) is 25.1 Å². The lowest BCUT2D eigenvalue weighted by Crippen LogP contribution is -2.51. The number of carbonyl (C=O) groups excluding carboxylic acids is 1. The Hall–Kier alpha value is -1.85. The van der Waals surface area contributed by atoms with Gasteiger partial charge in [-0.15, -0.1) is 11.3 Å². The highest BCUT2D eigenvalue weighted by atomic mass is 32.1. The summed E-state index contributed by atoms with van der Waals surface area (Å²) >= 11 is 1.68. The lowest BCUT2D eigenvalue weighted by Gasteiger charge is -2.35. The number of nitrogens with zero attached hydrogens (tertiary/aromatic N) is 1.